The number of nitrogens with zero attached hydrogens (tertiary/aromatic N) is 5. The zero-order valence-corrected chi connectivity index (χ0v) is 11.7. The van der Waals surface area contributed by atoms with Gasteiger partial charge in [-0.25, -0.2) is 9.67 Å². The molecule has 2 aromatic rings. The molecule has 94 valence electrons. The van der Waals surface area contributed by atoms with Crippen LogP contribution in [0.2, 0.25) is 5.28 Å². The number of aromatic nitrogens is 4. The van der Waals surface area contributed by atoms with E-state index in [1.807, 2.05) is 0 Å². The average Bonchev–Trinajstić information content (AvgIpc) is 2.56. The molecular formula is C9H7BrClN5O2. The van der Waals surface area contributed by atoms with E-state index in [-0.39, 0.29) is 16.8 Å². The molecule has 0 fully saturated rings. The van der Waals surface area contributed by atoms with Gasteiger partial charge >= 0.3 is 5.69 Å². The molecular weight excluding hydrogens is 325 g/mol. The molecule has 0 saturated carbocycles. The minimum Gasteiger partial charge on any atom is -0.258 e. The second-order valence-corrected chi connectivity index (χ2v) is 4.63. The maximum Gasteiger partial charge on any atom is 0.331 e. The number of hydrogen-bond acceptors (Lipinski definition) is 5. The predicted octanol–water partition coefficient (Wildman–Crippen LogP) is 2.60. The minimum absolute atomic E-state index is 0.0475. The molecule has 0 aliphatic rings. The summed E-state index contributed by atoms with van der Waals surface area (Å²) in [6.45, 7) is 3.55. The molecule has 0 aliphatic carbocycles. The van der Waals surface area contributed by atoms with Crippen LogP contribution in [0.3, 0.4) is 0 Å². The molecule has 0 atom stereocenters. The van der Waals surface area contributed by atoms with Crippen molar-refractivity contribution in [1.82, 2.24) is 19.7 Å². The van der Waals surface area contributed by atoms with Crippen LogP contribution >= 0.6 is 27.5 Å². The van der Waals surface area contributed by atoms with Gasteiger partial charge < -0.3 is 0 Å². The summed E-state index contributed by atoms with van der Waals surface area (Å²) in [5.74, 6) is 0.0475. The lowest BCUT2D eigenvalue weighted by atomic mass is 10.4. The summed E-state index contributed by atoms with van der Waals surface area (Å²) in [5.41, 5.74) is 1.15. The van der Waals surface area contributed by atoms with Crippen molar-refractivity contribution >= 4 is 33.2 Å². The lowest BCUT2D eigenvalue weighted by Gasteiger charge is -2.04. The summed E-state index contributed by atoms with van der Waals surface area (Å²) < 4.78 is 2.14. The van der Waals surface area contributed by atoms with Crippen molar-refractivity contribution in [1.29, 1.82) is 0 Å². The van der Waals surface area contributed by atoms with Gasteiger partial charge in [0.15, 0.2) is 0 Å². The summed E-state index contributed by atoms with van der Waals surface area (Å²) in [6.07, 6.45) is 1.06. The van der Waals surface area contributed by atoms with Crippen molar-refractivity contribution in [3.8, 4) is 5.82 Å². The van der Waals surface area contributed by atoms with Crippen molar-refractivity contribution < 1.29 is 4.92 Å². The van der Waals surface area contributed by atoms with Crippen LogP contribution in [-0.2, 0) is 0 Å². The van der Waals surface area contributed by atoms with Crippen LogP contribution in [-0.4, -0.2) is 24.7 Å². The monoisotopic (exact) mass is 331 g/mol. The Balaban J connectivity index is 2.73. The molecule has 2 rings (SSSR count). The van der Waals surface area contributed by atoms with Crippen LogP contribution in [0.1, 0.15) is 11.4 Å². The minimum atomic E-state index is -0.573. The molecule has 0 radical (unpaired) electrons. The SMILES string of the molecule is Cc1nn(-c2nc(Cl)ncc2[N+](=O)[O-])c(C)c1Br. The Kier molecular flexibility index (Phi) is 3.31. The normalized spacial score (nSPS) is 10.7. The van der Waals surface area contributed by atoms with Crippen LogP contribution in [0, 0.1) is 24.0 Å². The highest BCUT2D eigenvalue weighted by molar-refractivity contribution is 9.10. The van der Waals surface area contributed by atoms with Crippen LogP contribution in [0.15, 0.2) is 10.7 Å². The molecule has 0 spiro atoms. The summed E-state index contributed by atoms with van der Waals surface area (Å²) in [6, 6.07) is 0. The van der Waals surface area contributed by atoms with E-state index in [1.54, 1.807) is 13.8 Å². The van der Waals surface area contributed by atoms with E-state index in [9.17, 15) is 10.1 Å². The van der Waals surface area contributed by atoms with Crippen molar-refractivity contribution in [2.75, 3.05) is 0 Å². The van der Waals surface area contributed by atoms with Crippen LogP contribution in [0.4, 0.5) is 5.69 Å². The second-order valence-electron chi connectivity index (χ2n) is 3.50. The molecule has 2 aromatic heterocycles. The zero-order chi connectivity index (χ0) is 13.4. The lowest BCUT2D eigenvalue weighted by Crippen LogP contribution is -2.07. The molecule has 0 aromatic carbocycles. The van der Waals surface area contributed by atoms with Gasteiger partial charge in [0, 0.05) is 0 Å². The highest BCUT2D eigenvalue weighted by atomic mass is 79.9. The van der Waals surface area contributed by atoms with Gasteiger partial charge in [-0.2, -0.15) is 10.1 Å². The predicted molar refractivity (Wildman–Crippen MR) is 68.0 cm³/mol. The highest BCUT2D eigenvalue weighted by Gasteiger charge is 2.22. The van der Waals surface area contributed by atoms with Gasteiger partial charge in [-0.1, -0.05) is 0 Å². The average molecular weight is 333 g/mol. The van der Waals surface area contributed by atoms with Gasteiger partial charge in [0.25, 0.3) is 0 Å². The molecule has 9 heteroatoms. The molecule has 0 bridgehead atoms. The van der Waals surface area contributed by atoms with Gasteiger partial charge in [-0.3, -0.25) is 10.1 Å². The molecule has 7 nitrogen and oxygen atoms in total. The number of nitro groups is 1. The summed E-state index contributed by atoms with van der Waals surface area (Å²) >= 11 is 9.02. The molecule has 0 saturated heterocycles. The Morgan fingerprint density at radius 2 is 2.17 bits per heavy atom. The standard InChI is InChI=1S/C9H7BrClN5O2/c1-4-7(10)5(2)15(14-4)8-6(16(17)18)3-12-9(11)13-8/h3H,1-2H3. The Labute approximate surface area is 115 Å². The number of halogens is 2. The first-order valence-corrected chi connectivity index (χ1v) is 5.98. The van der Waals surface area contributed by atoms with E-state index < -0.39 is 4.92 Å². The number of hydrogen-bond donors (Lipinski definition) is 0. The van der Waals surface area contributed by atoms with Crippen LogP contribution in [0.25, 0.3) is 5.82 Å². The fourth-order valence-corrected chi connectivity index (χ4v) is 1.84. The van der Waals surface area contributed by atoms with E-state index in [4.69, 9.17) is 11.6 Å². The number of rotatable bonds is 2. The van der Waals surface area contributed by atoms with Gasteiger partial charge in [0.2, 0.25) is 11.1 Å². The number of aryl methyl sites for hydroxylation is 1. The molecule has 0 amide bonds. The Morgan fingerprint density at radius 1 is 1.50 bits per heavy atom. The van der Waals surface area contributed by atoms with Crippen molar-refractivity contribution in [2.45, 2.75) is 13.8 Å². The summed E-state index contributed by atoms with van der Waals surface area (Å²) in [5, 5.41) is 15.0. The van der Waals surface area contributed by atoms with Crippen molar-refractivity contribution in [3.63, 3.8) is 0 Å². The maximum atomic E-state index is 10.9. The maximum absolute atomic E-state index is 10.9. The van der Waals surface area contributed by atoms with Gasteiger partial charge in [0.05, 0.1) is 20.8 Å². The molecule has 0 unspecified atom stereocenters. The van der Waals surface area contributed by atoms with Crippen LogP contribution in [0.5, 0.6) is 0 Å². The molecule has 0 aliphatic heterocycles. The van der Waals surface area contributed by atoms with Gasteiger partial charge in [-0.15, -0.1) is 0 Å². The van der Waals surface area contributed by atoms with E-state index >= 15 is 0 Å². The first-order valence-electron chi connectivity index (χ1n) is 4.81. The Bertz CT molecular complexity index is 642. The molecule has 0 N–H and O–H groups in total. The first kappa shape index (κ1) is 12.9. The Hall–Kier alpha value is -1.54. The zero-order valence-electron chi connectivity index (χ0n) is 9.39. The van der Waals surface area contributed by atoms with Crippen LogP contribution < -0.4 is 0 Å². The summed E-state index contributed by atoms with van der Waals surface area (Å²) in [7, 11) is 0. The largest absolute Gasteiger partial charge is 0.331 e. The van der Waals surface area contributed by atoms with E-state index in [2.05, 4.69) is 31.0 Å². The van der Waals surface area contributed by atoms with Gasteiger partial charge in [-0.05, 0) is 41.4 Å². The third kappa shape index (κ3) is 2.08. The van der Waals surface area contributed by atoms with Crippen molar-refractivity contribution in [2.24, 2.45) is 0 Å². The molecule has 18 heavy (non-hydrogen) atoms. The molecule has 2 heterocycles. The second kappa shape index (κ2) is 4.62. The van der Waals surface area contributed by atoms with E-state index in [0.717, 1.165) is 10.7 Å². The third-order valence-electron chi connectivity index (χ3n) is 2.32. The smallest absolute Gasteiger partial charge is 0.258 e. The highest BCUT2D eigenvalue weighted by Crippen LogP contribution is 2.27. The van der Waals surface area contributed by atoms with E-state index in [1.165, 1.54) is 4.68 Å². The fraction of sp³-hybridized carbons (Fsp3) is 0.222. The summed E-state index contributed by atoms with van der Waals surface area (Å²) in [4.78, 5) is 17.8. The van der Waals surface area contributed by atoms with Gasteiger partial charge in [0.1, 0.15) is 6.20 Å². The quantitative estimate of drug-likeness (QED) is 0.479. The topological polar surface area (TPSA) is 86.7 Å². The van der Waals surface area contributed by atoms with Crippen molar-refractivity contribution in [3.05, 3.63) is 37.5 Å². The first-order chi connectivity index (χ1) is 8.41. The third-order valence-corrected chi connectivity index (χ3v) is 3.65. The Morgan fingerprint density at radius 3 is 2.67 bits per heavy atom. The van der Waals surface area contributed by atoms with E-state index in [0.29, 0.717) is 11.4 Å². The fourth-order valence-electron chi connectivity index (χ4n) is 1.46. The lowest BCUT2D eigenvalue weighted by molar-refractivity contribution is -0.385.